The molecule has 1 aliphatic rings. The van der Waals surface area contributed by atoms with Crippen molar-refractivity contribution in [3.63, 3.8) is 0 Å². The van der Waals surface area contributed by atoms with Crippen LogP contribution in [-0.2, 0) is 11.0 Å². The summed E-state index contributed by atoms with van der Waals surface area (Å²) >= 11 is 0. The molecule has 1 aromatic carbocycles. The van der Waals surface area contributed by atoms with Gasteiger partial charge in [-0.1, -0.05) is 6.07 Å². The first-order chi connectivity index (χ1) is 8.82. The standard InChI is InChI=1S/C13H15F3N2O/c1-8-2-3-10(13(14,15)16)5-11(8)18-7-9(6-17)4-12(18)19/h2-3,5,9H,4,6-7,17H2,1H3. The van der Waals surface area contributed by atoms with Crippen molar-refractivity contribution in [2.24, 2.45) is 11.7 Å². The lowest BCUT2D eigenvalue weighted by Crippen LogP contribution is -2.26. The molecule has 6 heteroatoms. The topological polar surface area (TPSA) is 46.3 Å². The van der Waals surface area contributed by atoms with Crippen LogP contribution in [0.2, 0.25) is 0 Å². The van der Waals surface area contributed by atoms with E-state index in [0.29, 0.717) is 30.8 Å². The average molecular weight is 272 g/mol. The van der Waals surface area contributed by atoms with Gasteiger partial charge in [0.05, 0.1) is 5.56 Å². The molecule has 104 valence electrons. The van der Waals surface area contributed by atoms with E-state index in [9.17, 15) is 18.0 Å². The van der Waals surface area contributed by atoms with Crippen LogP contribution in [0.5, 0.6) is 0 Å². The summed E-state index contributed by atoms with van der Waals surface area (Å²) in [6.45, 7) is 2.44. The van der Waals surface area contributed by atoms with Gasteiger partial charge in [-0.15, -0.1) is 0 Å². The van der Waals surface area contributed by atoms with Crippen LogP contribution in [0.4, 0.5) is 18.9 Å². The molecule has 0 aromatic heterocycles. The lowest BCUT2D eigenvalue weighted by atomic mass is 10.1. The van der Waals surface area contributed by atoms with E-state index in [1.54, 1.807) is 6.92 Å². The molecule has 0 radical (unpaired) electrons. The second kappa shape index (κ2) is 4.85. The molecule has 1 unspecified atom stereocenters. The molecule has 3 nitrogen and oxygen atoms in total. The summed E-state index contributed by atoms with van der Waals surface area (Å²) in [5.41, 5.74) is 5.76. The van der Waals surface area contributed by atoms with E-state index in [4.69, 9.17) is 5.73 Å². The van der Waals surface area contributed by atoms with Gasteiger partial charge in [-0.3, -0.25) is 4.79 Å². The molecular weight excluding hydrogens is 257 g/mol. The van der Waals surface area contributed by atoms with E-state index in [1.165, 1.54) is 11.0 Å². The molecular formula is C13H15F3N2O. The highest BCUT2D eigenvalue weighted by Crippen LogP contribution is 2.35. The maximum Gasteiger partial charge on any atom is 0.416 e. The second-order valence-electron chi connectivity index (χ2n) is 4.81. The third-order valence-electron chi connectivity index (χ3n) is 3.37. The minimum Gasteiger partial charge on any atom is -0.330 e. The Morgan fingerprint density at radius 3 is 2.63 bits per heavy atom. The molecule has 2 N–H and O–H groups in total. The van der Waals surface area contributed by atoms with Gasteiger partial charge in [0.2, 0.25) is 5.91 Å². The van der Waals surface area contributed by atoms with Crippen molar-refractivity contribution in [2.75, 3.05) is 18.0 Å². The molecule has 0 spiro atoms. The summed E-state index contributed by atoms with van der Waals surface area (Å²) in [5.74, 6) is -0.153. The normalized spacial score (nSPS) is 20.2. The Morgan fingerprint density at radius 1 is 1.42 bits per heavy atom. The summed E-state index contributed by atoms with van der Waals surface area (Å²) in [6, 6.07) is 3.45. The monoisotopic (exact) mass is 272 g/mol. The molecule has 1 amide bonds. The second-order valence-corrected chi connectivity index (χ2v) is 4.81. The number of carbonyl (C=O) groups excluding carboxylic acids is 1. The highest BCUT2D eigenvalue weighted by molar-refractivity contribution is 5.96. The Hall–Kier alpha value is -1.56. The minimum atomic E-state index is -4.40. The highest BCUT2D eigenvalue weighted by atomic mass is 19.4. The first-order valence-corrected chi connectivity index (χ1v) is 6.01. The van der Waals surface area contributed by atoms with Gasteiger partial charge in [-0.2, -0.15) is 13.2 Å². The van der Waals surface area contributed by atoms with Crippen LogP contribution in [0.3, 0.4) is 0 Å². The van der Waals surface area contributed by atoms with Crippen molar-refractivity contribution in [2.45, 2.75) is 19.5 Å². The zero-order valence-electron chi connectivity index (χ0n) is 10.5. The van der Waals surface area contributed by atoms with Gasteiger partial charge in [0.15, 0.2) is 0 Å². The number of amides is 1. The van der Waals surface area contributed by atoms with Crippen molar-refractivity contribution in [1.82, 2.24) is 0 Å². The molecule has 1 fully saturated rings. The SMILES string of the molecule is Cc1ccc(C(F)(F)F)cc1N1CC(CN)CC1=O. The van der Waals surface area contributed by atoms with Crippen LogP contribution in [-0.4, -0.2) is 19.0 Å². The zero-order chi connectivity index (χ0) is 14.2. The molecule has 0 bridgehead atoms. The Morgan fingerprint density at radius 2 is 2.11 bits per heavy atom. The maximum atomic E-state index is 12.7. The van der Waals surface area contributed by atoms with Crippen LogP contribution in [0.25, 0.3) is 0 Å². The third kappa shape index (κ3) is 2.73. The lowest BCUT2D eigenvalue weighted by Gasteiger charge is -2.20. The molecule has 2 rings (SSSR count). The van der Waals surface area contributed by atoms with Crippen molar-refractivity contribution >= 4 is 11.6 Å². The number of hydrogen-bond donors (Lipinski definition) is 1. The number of nitrogens with two attached hydrogens (primary N) is 1. The lowest BCUT2D eigenvalue weighted by molar-refractivity contribution is -0.137. The number of benzene rings is 1. The van der Waals surface area contributed by atoms with Gasteiger partial charge in [0.25, 0.3) is 0 Å². The largest absolute Gasteiger partial charge is 0.416 e. The fraction of sp³-hybridized carbons (Fsp3) is 0.462. The molecule has 1 saturated heterocycles. The Kier molecular flexibility index (Phi) is 3.54. The number of halogens is 3. The van der Waals surface area contributed by atoms with Gasteiger partial charge in [0, 0.05) is 18.7 Å². The number of anilines is 1. The van der Waals surface area contributed by atoms with Gasteiger partial charge >= 0.3 is 6.18 Å². The van der Waals surface area contributed by atoms with E-state index in [-0.39, 0.29) is 11.8 Å². The predicted octanol–water partition coefficient (Wildman–Crippen LogP) is 2.33. The highest BCUT2D eigenvalue weighted by Gasteiger charge is 2.34. The number of hydrogen-bond acceptors (Lipinski definition) is 2. The van der Waals surface area contributed by atoms with Gasteiger partial charge < -0.3 is 10.6 Å². The van der Waals surface area contributed by atoms with Crippen LogP contribution < -0.4 is 10.6 Å². The van der Waals surface area contributed by atoms with Crippen molar-refractivity contribution in [1.29, 1.82) is 0 Å². The van der Waals surface area contributed by atoms with Crippen LogP contribution in [0.15, 0.2) is 18.2 Å². The smallest absolute Gasteiger partial charge is 0.330 e. The van der Waals surface area contributed by atoms with E-state index in [2.05, 4.69) is 0 Å². The molecule has 1 aliphatic heterocycles. The molecule has 0 saturated carbocycles. The molecule has 1 heterocycles. The molecule has 1 aromatic rings. The Bertz CT molecular complexity index is 499. The summed E-state index contributed by atoms with van der Waals surface area (Å²) in [5, 5.41) is 0. The fourth-order valence-electron chi connectivity index (χ4n) is 2.25. The quantitative estimate of drug-likeness (QED) is 0.898. The van der Waals surface area contributed by atoms with Crippen LogP contribution >= 0.6 is 0 Å². The van der Waals surface area contributed by atoms with Crippen molar-refractivity contribution in [3.05, 3.63) is 29.3 Å². The number of alkyl halides is 3. The summed E-state index contributed by atoms with van der Waals surface area (Å²) in [4.78, 5) is 13.3. The van der Waals surface area contributed by atoms with E-state index >= 15 is 0 Å². The molecule has 1 atom stereocenters. The van der Waals surface area contributed by atoms with E-state index in [0.717, 1.165) is 12.1 Å². The average Bonchev–Trinajstić information content (AvgIpc) is 2.69. The minimum absolute atomic E-state index is 0.0152. The summed E-state index contributed by atoms with van der Waals surface area (Å²) in [6.07, 6.45) is -4.11. The number of nitrogens with zero attached hydrogens (tertiary/aromatic N) is 1. The number of rotatable bonds is 2. The molecule has 19 heavy (non-hydrogen) atoms. The Balaban J connectivity index is 2.37. The van der Waals surface area contributed by atoms with Crippen LogP contribution in [0, 0.1) is 12.8 Å². The zero-order valence-corrected chi connectivity index (χ0v) is 10.5. The fourth-order valence-corrected chi connectivity index (χ4v) is 2.25. The Labute approximate surface area is 109 Å². The maximum absolute atomic E-state index is 12.7. The van der Waals surface area contributed by atoms with Crippen molar-refractivity contribution < 1.29 is 18.0 Å². The number of aryl methyl sites for hydroxylation is 1. The van der Waals surface area contributed by atoms with E-state index < -0.39 is 11.7 Å². The van der Waals surface area contributed by atoms with Crippen molar-refractivity contribution in [3.8, 4) is 0 Å². The first-order valence-electron chi connectivity index (χ1n) is 6.01. The summed E-state index contributed by atoms with van der Waals surface area (Å²) < 4.78 is 38.1. The van der Waals surface area contributed by atoms with Crippen LogP contribution in [0.1, 0.15) is 17.5 Å². The third-order valence-corrected chi connectivity index (χ3v) is 3.37. The number of carbonyl (C=O) groups is 1. The van der Waals surface area contributed by atoms with Gasteiger partial charge in [0.1, 0.15) is 0 Å². The predicted molar refractivity (Wildman–Crippen MR) is 65.7 cm³/mol. The molecule has 0 aliphatic carbocycles. The van der Waals surface area contributed by atoms with Gasteiger partial charge in [-0.25, -0.2) is 0 Å². The summed E-state index contributed by atoms with van der Waals surface area (Å²) in [7, 11) is 0. The first kappa shape index (κ1) is 13.9. The van der Waals surface area contributed by atoms with E-state index in [1.807, 2.05) is 0 Å². The van der Waals surface area contributed by atoms with Gasteiger partial charge in [-0.05, 0) is 37.1 Å².